The molecule has 1 fully saturated rings. The minimum Gasteiger partial charge on any atom is -0.443 e. The van der Waals surface area contributed by atoms with E-state index in [2.05, 4.69) is 4.74 Å². The van der Waals surface area contributed by atoms with Gasteiger partial charge in [-0.25, -0.2) is 22.4 Å². The summed E-state index contributed by atoms with van der Waals surface area (Å²) in [5, 5.41) is 1.79. The van der Waals surface area contributed by atoms with Crippen molar-refractivity contribution in [3.63, 3.8) is 0 Å². The number of alkyl halides is 2. The first kappa shape index (κ1) is 15.6. The highest BCUT2D eigenvalue weighted by Gasteiger charge is 2.48. The molecule has 0 aromatic heterocycles. The third-order valence-electron chi connectivity index (χ3n) is 2.70. The lowest BCUT2D eigenvalue weighted by Crippen LogP contribution is -2.50. The first-order chi connectivity index (χ1) is 8.33. The number of ether oxygens (including phenoxy) is 1. The zero-order valence-corrected chi connectivity index (χ0v) is 10.5. The van der Waals surface area contributed by atoms with Gasteiger partial charge in [-0.1, -0.05) is 12.1 Å². The van der Waals surface area contributed by atoms with Crippen LogP contribution in [0.3, 0.4) is 0 Å². The molecule has 1 amide bonds. The fourth-order valence-electron chi connectivity index (χ4n) is 1.70. The minimum atomic E-state index is -3.50. The summed E-state index contributed by atoms with van der Waals surface area (Å²) in [4.78, 5) is 10.9. The van der Waals surface area contributed by atoms with E-state index >= 15 is 0 Å². The Bertz CT molecular complexity index is 510. The number of hydrogen-bond acceptors (Lipinski definition) is 2. The normalized spacial score (nSPS) is 21.1. The fraction of sp³-hybridized carbons (Fsp3) is 0.364. The zero-order valence-electron chi connectivity index (χ0n) is 9.68. The molecule has 1 heterocycles. The van der Waals surface area contributed by atoms with Crippen LogP contribution >= 0.6 is 12.4 Å². The predicted molar refractivity (Wildman–Crippen MR) is 60.5 cm³/mol. The topological polar surface area (TPSA) is 38.3 Å². The molecule has 0 aliphatic carbocycles. The molecular weight excluding hydrogens is 290 g/mol. The highest BCUT2D eigenvalue weighted by molar-refractivity contribution is 5.85. The molecule has 1 aromatic carbocycles. The van der Waals surface area contributed by atoms with Gasteiger partial charge in [0.25, 0.3) is 0 Å². The SMILES string of the molecule is Cc1ccc([C@@H]2NC(=O)OCC2(F)F)c(F)c1F.Cl. The van der Waals surface area contributed by atoms with Gasteiger partial charge < -0.3 is 10.1 Å². The Labute approximate surface area is 112 Å². The maximum atomic E-state index is 13.6. The number of carbonyl (C=O) groups is 1. The Kier molecular flexibility index (Phi) is 4.29. The van der Waals surface area contributed by atoms with E-state index in [1.807, 2.05) is 0 Å². The second-order valence-corrected chi connectivity index (χ2v) is 4.01. The molecule has 1 aliphatic heterocycles. The van der Waals surface area contributed by atoms with Crippen molar-refractivity contribution >= 4 is 18.5 Å². The summed E-state index contributed by atoms with van der Waals surface area (Å²) in [5.74, 6) is -6.10. The van der Waals surface area contributed by atoms with Crippen molar-refractivity contribution in [1.29, 1.82) is 0 Å². The molecule has 1 aliphatic rings. The molecular formula is C11H10ClF4NO2. The van der Waals surface area contributed by atoms with Crippen LogP contribution in [-0.4, -0.2) is 18.6 Å². The zero-order chi connectivity index (χ0) is 13.5. The maximum Gasteiger partial charge on any atom is 0.408 e. The van der Waals surface area contributed by atoms with Crippen molar-refractivity contribution in [2.45, 2.75) is 18.9 Å². The van der Waals surface area contributed by atoms with Crippen molar-refractivity contribution in [3.05, 3.63) is 34.9 Å². The fourth-order valence-corrected chi connectivity index (χ4v) is 1.70. The first-order valence-electron chi connectivity index (χ1n) is 5.08. The minimum absolute atomic E-state index is 0. The van der Waals surface area contributed by atoms with E-state index in [0.29, 0.717) is 0 Å². The van der Waals surface area contributed by atoms with Crippen LogP contribution in [0, 0.1) is 18.6 Å². The molecule has 1 N–H and O–H groups in total. The number of carbonyl (C=O) groups excluding carboxylic acids is 1. The lowest BCUT2D eigenvalue weighted by molar-refractivity contribution is -0.105. The summed E-state index contributed by atoms with van der Waals surface area (Å²) < 4.78 is 58.1. The molecule has 0 radical (unpaired) electrons. The van der Waals surface area contributed by atoms with E-state index in [4.69, 9.17) is 0 Å². The number of cyclic esters (lactones) is 1. The average Bonchev–Trinajstić information content (AvgIpc) is 2.30. The summed E-state index contributed by atoms with van der Waals surface area (Å²) in [5.41, 5.74) is -0.599. The van der Waals surface area contributed by atoms with Gasteiger partial charge >= 0.3 is 12.0 Å². The quantitative estimate of drug-likeness (QED) is 0.809. The van der Waals surface area contributed by atoms with Gasteiger partial charge in [-0.05, 0) is 12.5 Å². The molecule has 0 unspecified atom stereocenters. The second kappa shape index (κ2) is 5.24. The summed E-state index contributed by atoms with van der Waals surface area (Å²) >= 11 is 0. The summed E-state index contributed by atoms with van der Waals surface area (Å²) in [6.07, 6.45) is -1.09. The van der Waals surface area contributed by atoms with Crippen LogP contribution in [0.25, 0.3) is 0 Å². The molecule has 8 heteroatoms. The number of nitrogens with one attached hydrogen (secondary N) is 1. The van der Waals surface area contributed by atoms with Crippen LogP contribution in [0.5, 0.6) is 0 Å². The van der Waals surface area contributed by atoms with E-state index < -0.39 is 41.9 Å². The number of halogens is 5. The Hall–Kier alpha value is -1.50. The standard InChI is InChI=1S/C11H9F4NO2.ClH/c1-5-2-3-6(8(13)7(5)12)9-11(14,15)4-18-10(17)16-9;/h2-3,9H,4H2,1H3,(H,16,17);1H/t9-;/m0./s1. The molecule has 2 rings (SSSR count). The van der Waals surface area contributed by atoms with Crippen LogP contribution in [0.15, 0.2) is 12.1 Å². The van der Waals surface area contributed by atoms with Gasteiger partial charge in [0.05, 0.1) is 0 Å². The van der Waals surface area contributed by atoms with Gasteiger partial charge in [0, 0.05) is 5.56 Å². The van der Waals surface area contributed by atoms with E-state index in [0.717, 1.165) is 6.07 Å². The first-order valence-corrected chi connectivity index (χ1v) is 5.08. The van der Waals surface area contributed by atoms with Gasteiger partial charge in [0.1, 0.15) is 6.04 Å². The monoisotopic (exact) mass is 299 g/mol. The Morgan fingerprint density at radius 3 is 2.58 bits per heavy atom. The smallest absolute Gasteiger partial charge is 0.408 e. The molecule has 1 saturated heterocycles. The van der Waals surface area contributed by atoms with Gasteiger partial charge in [-0.2, -0.15) is 0 Å². The third-order valence-corrected chi connectivity index (χ3v) is 2.70. The largest absolute Gasteiger partial charge is 0.443 e. The maximum absolute atomic E-state index is 13.6. The highest BCUT2D eigenvalue weighted by Crippen LogP contribution is 2.36. The highest BCUT2D eigenvalue weighted by atomic mass is 35.5. The Morgan fingerprint density at radius 2 is 1.95 bits per heavy atom. The molecule has 1 atom stereocenters. The summed E-state index contributed by atoms with van der Waals surface area (Å²) in [6.45, 7) is 0.140. The predicted octanol–water partition coefficient (Wildman–Crippen LogP) is 3.11. The van der Waals surface area contributed by atoms with E-state index in [-0.39, 0.29) is 18.0 Å². The number of rotatable bonds is 1. The Balaban J connectivity index is 0.00000180. The molecule has 3 nitrogen and oxygen atoms in total. The second-order valence-electron chi connectivity index (χ2n) is 4.01. The molecule has 0 spiro atoms. The van der Waals surface area contributed by atoms with Gasteiger partial charge in [0.2, 0.25) is 0 Å². The van der Waals surface area contributed by atoms with Crippen molar-refractivity contribution in [1.82, 2.24) is 5.32 Å². The van der Waals surface area contributed by atoms with E-state index in [9.17, 15) is 22.4 Å². The number of aryl methyl sites for hydroxylation is 1. The number of benzene rings is 1. The van der Waals surface area contributed by atoms with Crippen molar-refractivity contribution in [2.75, 3.05) is 6.61 Å². The molecule has 1 aromatic rings. The molecule has 106 valence electrons. The van der Waals surface area contributed by atoms with Gasteiger partial charge in [-0.15, -0.1) is 12.4 Å². The summed E-state index contributed by atoms with van der Waals surface area (Å²) in [7, 11) is 0. The number of amides is 1. The van der Waals surface area contributed by atoms with Crippen LogP contribution in [0.4, 0.5) is 22.4 Å². The van der Waals surface area contributed by atoms with Crippen LogP contribution in [0.1, 0.15) is 17.2 Å². The number of hydrogen-bond donors (Lipinski definition) is 1. The van der Waals surface area contributed by atoms with E-state index in [1.54, 1.807) is 5.32 Å². The third kappa shape index (κ3) is 2.75. The Morgan fingerprint density at radius 1 is 1.32 bits per heavy atom. The average molecular weight is 300 g/mol. The molecule has 0 bridgehead atoms. The van der Waals surface area contributed by atoms with Crippen LogP contribution in [-0.2, 0) is 4.74 Å². The van der Waals surface area contributed by atoms with E-state index in [1.165, 1.54) is 13.0 Å². The van der Waals surface area contributed by atoms with Crippen molar-refractivity contribution < 1.29 is 27.1 Å². The summed E-state index contributed by atoms with van der Waals surface area (Å²) in [6, 6.07) is 0.262. The molecule has 0 saturated carbocycles. The van der Waals surface area contributed by atoms with Crippen LogP contribution in [0.2, 0.25) is 0 Å². The van der Waals surface area contributed by atoms with Gasteiger partial charge in [-0.3, -0.25) is 0 Å². The van der Waals surface area contributed by atoms with Gasteiger partial charge in [0.15, 0.2) is 18.2 Å². The molecule has 19 heavy (non-hydrogen) atoms. The lowest BCUT2D eigenvalue weighted by atomic mass is 9.98. The van der Waals surface area contributed by atoms with Crippen LogP contribution < -0.4 is 5.32 Å². The lowest BCUT2D eigenvalue weighted by Gasteiger charge is -2.32. The van der Waals surface area contributed by atoms with Crippen molar-refractivity contribution in [2.24, 2.45) is 0 Å². The van der Waals surface area contributed by atoms with Crippen molar-refractivity contribution in [3.8, 4) is 0 Å². The number of alkyl carbamates (subject to hydrolysis) is 1.